The largest absolute Gasteiger partial charge is 0.250 e. The first kappa shape index (κ1) is 14.7. The molecule has 1 aromatic rings. The lowest BCUT2D eigenvalue weighted by molar-refractivity contribution is -0.0183. The second-order valence-electron chi connectivity index (χ2n) is 5.14. The molecule has 1 aromatic carbocycles. The third kappa shape index (κ3) is 3.66. The van der Waals surface area contributed by atoms with Crippen molar-refractivity contribution in [3.63, 3.8) is 0 Å². The minimum absolute atomic E-state index is 0.228. The Labute approximate surface area is 116 Å². The van der Waals surface area contributed by atoms with Gasteiger partial charge >= 0.3 is 0 Å². The van der Waals surface area contributed by atoms with Crippen LogP contribution in [-0.4, -0.2) is 19.1 Å². The lowest BCUT2D eigenvalue weighted by atomic mass is 10.0. The number of rotatable bonds is 6. The van der Waals surface area contributed by atoms with E-state index < -0.39 is 26.1 Å². The SMILES string of the molecule is O=S(=O)(Cl)C1(CC(F)(F)CCc2ccccc2)CC1. The summed E-state index contributed by atoms with van der Waals surface area (Å²) in [4.78, 5) is 0. The van der Waals surface area contributed by atoms with Crippen LogP contribution in [0.15, 0.2) is 30.3 Å². The van der Waals surface area contributed by atoms with Crippen LogP contribution in [0.25, 0.3) is 0 Å². The highest BCUT2D eigenvalue weighted by molar-refractivity contribution is 8.15. The van der Waals surface area contributed by atoms with Gasteiger partial charge in [0.15, 0.2) is 0 Å². The Bertz CT molecular complexity index is 539. The van der Waals surface area contributed by atoms with Crippen LogP contribution in [0.2, 0.25) is 0 Å². The molecule has 2 rings (SSSR count). The minimum atomic E-state index is -3.92. The summed E-state index contributed by atoms with van der Waals surface area (Å²) in [5, 5.41) is 0. The van der Waals surface area contributed by atoms with Gasteiger partial charge in [-0.15, -0.1) is 0 Å². The maximum atomic E-state index is 13.9. The summed E-state index contributed by atoms with van der Waals surface area (Å²) in [5.74, 6) is -3.01. The molecule has 0 radical (unpaired) electrons. The standard InChI is InChI=1S/C13H15ClF2O2S/c14-19(17,18)12(8-9-12)10-13(15,16)7-6-11-4-2-1-3-5-11/h1-5H,6-10H2. The number of hydrogen-bond donors (Lipinski definition) is 0. The number of hydrogen-bond acceptors (Lipinski definition) is 2. The minimum Gasteiger partial charge on any atom is -0.212 e. The van der Waals surface area contributed by atoms with Crippen molar-refractivity contribution in [1.82, 2.24) is 0 Å². The Balaban J connectivity index is 1.96. The van der Waals surface area contributed by atoms with Crippen molar-refractivity contribution in [2.75, 3.05) is 0 Å². The predicted octanol–water partition coefficient (Wildman–Crippen LogP) is 3.75. The van der Waals surface area contributed by atoms with E-state index in [1.54, 1.807) is 24.3 Å². The predicted molar refractivity (Wildman–Crippen MR) is 71.1 cm³/mol. The summed E-state index contributed by atoms with van der Waals surface area (Å²) < 4.78 is 48.9. The van der Waals surface area contributed by atoms with Crippen molar-refractivity contribution in [2.24, 2.45) is 0 Å². The molecular weight excluding hydrogens is 294 g/mol. The topological polar surface area (TPSA) is 34.1 Å². The second-order valence-corrected chi connectivity index (χ2v) is 8.10. The van der Waals surface area contributed by atoms with Gasteiger partial charge in [-0.05, 0) is 24.8 Å². The molecule has 106 valence electrons. The monoisotopic (exact) mass is 308 g/mol. The third-order valence-electron chi connectivity index (χ3n) is 3.53. The Morgan fingerprint density at radius 1 is 1.21 bits per heavy atom. The van der Waals surface area contributed by atoms with Crippen LogP contribution >= 0.6 is 10.7 Å². The lowest BCUT2D eigenvalue weighted by Crippen LogP contribution is -2.30. The second kappa shape index (κ2) is 5.02. The van der Waals surface area contributed by atoms with Crippen LogP contribution in [-0.2, 0) is 15.5 Å². The van der Waals surface area contributed by atoms with Crippen molar-refractivity contribution in [2.45, 2.75) is 42.8 Å². The van der Waals surface area contributed by atoms with E-state index >= 15 is 0 Å². The summed E-state index contributed by atoms with van der Waals surface area (Å²) in [6.07, 6.45) is -0.324. The first-order valence-corrected chi connectivity index (χ1v) is 8.41. The van der Waals surface area contributed by atoms with Gasteiger partial charge in [0.25, 0.3) is 0 Å². The molecule has 1 aliphatic carbocycles. The quantitative estimate of drug-likeness (QED) is 0.750. The van der Waals surface area contributed by atoms with Crippen LogP contribution in [0, 0.1) is 0 Å². The van der Waals surface area contributed by atoms with Crippen LogP contribution in [0.4, 0.5) is 8.78 Å². The van der Waals surface area contributed by atoms with E-state index in [0.29, 0.717) is 0 Å². The van der Waals surface area contributed by atoms with Crippen molar-refractivity contribution < 1.29 is 17.2 Å². The van der Waals surface area contributed by atoms with Crippen molar-refractivity contribution >= 4 is 19.7 Å². The summed E-state index contributed by atoms with van der Waals surface area (Å²) in [6, 6.07) is 8.96. The summed E-state index contributed by atoms with van der Waals surface area (Å²) in [5.41, 5.74) is 0.820. The molecule has 0 aliphatic heterocycles. The third-order valence-corrected chi connectivity index (χ3v) is 6.10. The Morgan fingerprint density at radius 3 is 2.26 bits per heavy atom. The highest BCUT2D eigenvalue weighted by Gasteiger charge is 2.58. The van der Waals surface area contributed by atoms with Gasteiger partial charge in [0.05, 0.1) is 4.75 Å². The smallest absolute Gasteiger partial charge is 0.212 e. The van der Waals surface area contributed by atoms with Gasteiger partial charge in [0.1, 0.15) is 0 Å². The average molecular weight is 309 g/mol. The zero-order chi connectivity index (χ0) is 14.1. The normalized spacial score (nSPS) is 18.3. The molecule has 6 heteroatoms. The van der Waals surface area contributed by atoms with Gasteiger partial charge in [-0.1, -0.05) is 30.3 Å². The van der Waals surface area contributed by atoms with Gasteiger partial charge in [-0.2, -0.15) is 0 Å². The maximum Gasteiger partial charge on any atom is 0.250 e. The van der Waals surface area contributed by atoms with E-state index in [0.717, 1.165) is 5.56 Å². The van der Waals surface area contributed by atoms with E-state index in [4.69, 9.17) is 10.7 Å². The van der Waals surface area contributed by atoms with Gasteiger partial charge in [0.2, 0.25) is 15.0 Å². The maximum absolute atomic E-state index is 13.9. The van der Waals surface area contributed by atoms with E-state index in [1.807, 2.05) is 6.07 Å². The first-order chi connectivity index (χ1) is 8.74. The molecule has 0 aromatic heterocycles. The van der Waals surface area contributed by atoms with Crippen molar-refractivity contribution in [3.05, 3.63) is 35.9 Å². The summed E-state index contributed by atoms with van der Waals surface area (Å²) in [7, 11) is 1.33. The summed E-state index contributed by atoms with van der Waals surface area (Å²) in [6.45, 7) is 0. The molecule has 1 aliphatic rings. The highest BCUT2D eigenvalue weighted by atomic mass is 35.7. The van der Waals surface area contributed by atoms with Gasteiger partial charge in [-0.3, -0.25) is 0 Å². The fraction of sp³-hybridized carbons (Fsp3) is 0.538. The number of alkyl halides is 2. The average Bonchev–Trinajstić information content (AvgIpc) is 3.08. The Morgan fingerprint density at radius 2 is 1.79 bits per heavy atom. The molecule has 1 saturated carbocycles. The molecule has 0 atom stereocenters. The molecule has 0 N–H and O–H groups in total. The zero-order valence-electron chi connectivity index (χ0n) is 10.3. The molecule has 0 spiro atoms. The fourth-order valence-corrected chi connectivity index (χ4v) is 3.78. The molecule has 2 nitrogen and oxygen atoms in total. The number of halogens is 3. The number of benzene rings is 1. The highest BCUT2D eigenvalue weighted by Crippen LogP contribution is 2.52. The Kier molecular flexibility index (Phi) is 3.89. The van der Waals surface area contributed by atoms with E-state index in [9.17, 15) is 17.2 Å². The van der Waals surface area contributed by atoms with E-state index in [1.165, 1.54) is 0 Å². The van der Waals surface area contributed by atoms with Gasteiger partial charge in [-0.25, -0.2) is 17.2 Å². The van der Waals surface area contributed by atoms with Gasteiger partial charge < -0.3 is 0 Å². The molecule has 0 unspecified atom stereocenters. The van der Waals surface area contributed by atoms with Crippen molar-refractivity contribution in [1.29, 1.82) is 0 Å². The first-order valence-electron chi connectivity index (χ1n) is 6.10. The van der Waals surface area contributed by atoms with E-state index in [-0.39, 0.29) is 25.7 Å². The number of aryl methyl sites for hydroxylation is 1. The van der Waals surface area contributed by atoms with Gasteiger partial charge in [0, 0.05) is 23.5 Å². The van der Waals surface area contributed by atoms with Crippen LogP contribution in [0.3, 0.4) is 0 Å². The van der Waals surface area contributed by atoms with Crippen LogP contribution < -0.4 is 0 Å². The summed E-state index contributed by atoms with van der Waals surface area (Å²) >= 11 is 0. The molecule has 0 amide bonds. The molecule has 0 heterocycles. The van der Waals surface area contributed by atoms with Crippen LogP contribution in [0.1, 0.15) is 31.2 Å². The molecule has 19 heavy (non-hydrogen) atoms. The molecule has 0 saturated heterocycles. The molecule has 0 bridgehead atoms. The fourth-order valence-electron chi connectivity index (χ4n) is 2.18. The lowest BCUT2D eigenvalue weighted by Gasteiger charge is -2.21. The molecule has 1 fully saturated rings. The zero-order valence-corrected chi connectivity index (χ0v) is 11.9. The Hall–Kier alpha value is -0.680. The van der Waals surface area contributed by atoms with E-state index in [2.05, 4.69) is 0 Å². The molecular formula is C13H15ClF2O2S. The van der Waals surface area contributed by atoms with Crippen LogP contribution in [0.5, 0.6) is 0 Å². The van der Waals surface area contributed by atoms with Crippen molar-refractivity contribution in [3.8, 4) is 0 Å².